The highest BCUT2D eigenvalue weighted by atomic mass is 35.5. The molecule has 0 aliphatic heterocycles. The van der Waals surface area contributed by atoms with Crippen LogP contribution in [0, 0.1) is 10.1 Å². The normalized spacial score (nSPS) is 11.5. The van der Waals surface area contributed by atoms with Gasteiger partial charge in [-0.2, -0.15) is 0 Å². The fourth-order valence-corrected chi connectivity index (χ4v) is 3.99. The zero-order chi connectivity index (χ0) is 23.6. The van der Waals surface area contributed by atoms with E-state index in [0.29, 0.717) is 22.3 Å². The van der Waals surface area contributed by atoms with Gasteiger partial charge in [0.2, 0.25) is 0 Å². The molecule has 2 aromatic carbocycles. The van der Waals surface area contributed by atoms with Crippen LogP contribution in [-0.2, 0) is 16.4 Å². The second-order valence-corrected chi connectivity index (χ2v) is 9.60. The third-order valence-corrected chi connectivity index (χ3v) is 5.94. The molecule has 1 heterocycles. The van der Waals surface area contributed by atoms with Gasteiger partial charge in [0.15, 0.2) is 9.84 Å². The standard InChI is InChI=1S/C20H19ClN4O6S/c1-3-6-24(11-18-22-17-9-13(21)4-5-16(17)19(26)23-18)20(27)12-7-14(25(28)29)10-15(8-12)32(2,30)31/h4-5,7-10H,3,6,11H2,1-2H3,(H,22,23,26). The van der Waals surface area contributed by atoms with Crippen LogP contribution in [0.5, 0.6) is 0 Å². The third kappa shape index (κ3) is 5.11. The van der Waals surface area contributed by atoms with Crippen LogP contribution in [0.15, 0.2) is 46.1 Å². The van der Waals surface area contributed by atoms with Gasteiger partial charge in [-0.25, -0.2) is 13.4 Å². The number of fused-ring (bicyclic) bond motifs is 1. The number of H-pyrrole nitrogens is 1. The number of nitrogens with zero attached hydrogens (tertiary/aromatic N) is 3. The van der Waals surface area contributed by atoms with Crippen molar-refractivity contribution in [3.05, 3.63) is 73.3 Å². The second kappa shape index (κ2) is 9.05. The lowest BCUT2D eigenvalue weighted by Gasteiger charge is -2.22. The molecule has 0 unspecified atom stereocenters. The lowest BCUT2D eigenvalue weighted by Crippen LogP contribution is -2.33. The van der Waals surface area contributed by atoms with E-state index in [1.807, 2.05) is 6.92 Å². The minimum atomic E-state index is -3.79. The van der Waals surface area contributed by atoms with Crippen molar-refractivity contribution in [2.45, 2.75) is 24.8 Å². The van der Waals surface area contributed by atoms with E-state index in [4.69, 9.17) is 11.6 Å². The van der Waals surface area contributed by atoms with Crippen molar-refractivity contribution in [3.8, 4) is 0 Å². The SMILES string of the molecule is CCCN(Cc1nc2cc(Cl)ccc2c(=O)[nH]1)C(=O)c1cc([N+](=O)[O-])cc(S(C)(=O)=O)c1. The molecule has 0 aliphatic rings. The number of nitrogens with one attached hydrogen (secondary N) is 1. The average Bonchev–Trinajstić information content (AvgIpc) is 2.71. The number of nitro benzene ring substituents is 1. The Balaban J connectivity index is 2.03. The Morgan fingerprint density at radius 2 is 1.97 bits per heavy atom. The Kier molecular flexibility index (Phi) is 6.60. The fraction of sp³-hybridized carbons (Fsp3) is 0.250. The van der Waals surface area contributed by atoms with Crippen molar-refractivity contribution in [3.63, 3.8) is 0 Å². The van der Waals surface area contributed by atoms with Crippen LogP contribution in [0.25, 0.3) is 10.9 Å². The van der Waals surface area contributed by atoms with Crippen LogP contribution in [0.1, 0.15) is 29.5 Å². The van der Waals surface area contributed by atoms with Crippen molar-refractivity contribution in [1.82, 2.24) is 14.9 Å². The predicted octanol–water partition coefficient (Wildman–Crippen LogP) is 2.94. The molecule has 3 rings (SSSR count). The Morgan fingerprint density at radius 3 is 2.59 bits per heavy atom. The summed E-state index contributed by atoms with van der Waals surface area (Å²) in [7, 11) is -3.79. The summed E-state index contributed by atoms with van der Waals surface area (Å²) in [5, 5.41) is 12.0. The quantitative estimate of drug-likeness (QED) is 0.406. The van der Waals surface area contributed by atoms with Gasteiger partial charge in [-0.05, 0) is 30.7 Å². The number of amides is 1. The number of aromatic nitrogens is 2. The maximum absolute atomic E-state index is 13.2. The van der Waals surface area contributed by atoms with Crippen molar-refractivity contribution in [2.24, 2.45) is 0 Å². The topological polar surface area (TPSA) is 143 Å². The number of carbonyl (C=O) groups is 1. The number of aromatic amines is 1. The first-order valence-electron chi connectivity index (χ1n) is 9.47. The molecule has 10 nitrogen and oxygen atoms in total. The van der Waals surface area contributed by atoms with Gasteiger partial charge in [-0.3, -0.25) is 19.7 Å². The lowest BCUT2D eigenvalue weighted by molar-refractivity contribution is -0.385. The molecule has 168 valence electrons. The summed E-state index contributed by atoms with van der Waals surface area (Å²) in [5.41, 5.74) is -0.714. The molecule has 12 heteroatoms. The molecule has 0 bridgehead atoms. The maximum Gasteiger partial charge on any atom is 0.271 e. The largest absolute Gasteiger partial charge is 0.331 e. The number of non-ortho nitro benzene ring substituents is 1. The molecule has 0 atom stereocenters. The average molecular weight is 479 g/mol. The van der Waals surface area contributed by atoms with Gasteiger partial charge in [0.1, 0.15) is 5.82 Å². The summed E-state index contributed by atoms with van der Waals surface area (Å²) in [5.74, 6) is -0.436. The molecular formula is C20H19ClN4O6S. The van der Waals surface area contributed by atoms with E-state index in [0.717, 1.165) is 24.5 Å². The summed E-state index contributed by atoms with van der Waals surface area (Å²) in [6.07, 6.45) is 1.45. The summed E-state index contributed by atoms with van der Waals surface area (Å²) in [6, 6.07) is 7.66. The number of halogens is 1. The van der Waals surface area contributed by atoms with E-state index in [1.54, 1.807) is 6.07 Å². The highest BCUT2D eigenvalue weighted by molar-refractivity contribution is 7.90. The van der Waals surface area contributed by atoms with Crippen molar-refractivity contribution in [2.75, 3.05) is 12.8 Å². The number of nitro groups is 1. The lowest BCUT2D eigenvalue weighted by atomic mass is 10.1. The summed E-state index contributed by atoms with van der Waals surface area (Å²) < 4.78 is 23.9. The molecule has 3 aromatic rings. The molecule has 0 aliphatic carbocycles. The first kappa shape index (κ1) is 23.4. The first-order valence-corrected chi connectivity index (χ1v) is 11.7. The molecule has 0 spiro atoms. The maximum atomic E-state index is 13.2. The number of rotatable bonds is 7. The Bertz CT molecular complexity index is 1390. The molecule has 0 saturated carbocycles. The van der Waals surface area contributed by atoms with Gasteiger partial charge in [-0.15, -0.1) is 0 Å². The molecular weight excluding hydrogens is 460 g/mol. The highest BCUT2D eigenvalue weighted by Crippen LogP contribution is 2.23. The Morgan fingerprint density at radius 1 is 1.25 bits per heavy atom. The van der Waals surface area contributed by atoms with E-state index in [-0.39, 0.29) is 29.4 Å². The minimum absolute atomic E-state index is 0.0960. The zero-order valence-electron chi connectivity index (χ0n) is 17.2. The predicted molar refractivity (Wildman–Crippen MR) is 119 cm³/mol. The number of sulfone groups is 1. The summed E-state index contributed by atoms with van der Waals surface area (Å²) in [4.78, 5) is 44.0. The van der Waals surface area contributed by atoms with Crippen molar-refractivity contribution < 1.29 is 18.1 Å². The van der Waals surface area contributed by atoms with E-state index in [2.05, 4.69) is 9.97 Å². The summed E-state index contributed by atoms with van der Waals surface area (Å²) in [6.45, 7) is 1.97. The zero-order valence-corrected chi connectivity index (χ0v) is 18.7. The van der Waals surface area contributed by atoms with Crippen LogP contribution in [0.4, 0.5) is 5.69 Å². The molecule has 0 fully saturated rings. The Labute approximate surface area is 187 Å². The molecule has 32 heavy (non-hydrogen) atoms. The van der Waals surface area contributed by atoms with Gasteiger partial charge in [-0.1, -0.05) is 18.5 Å². The number of benzene rings is 2. The van der Waals surface area contributed by atoms with Crippen LogP contribution in [-0.4, -0.2) is 46.9 Å². The fourth-order valence-electron chi connectivity index (χ4n) is 3.15. The second-order valence-electron chi connectivity index (χ2n) is 7.15. The van der Waals surface area contributed by atoms with Gasteiger partial charge >= 0.3 is 0 Å². The van der Waals surface area contributed by atoms with Crippen molar-refractivity contribution >= 4 is 43.9 Å². The monoisotopic (exact) mass is 478 g/mol. The van der Waals surface area contributed by atoms with Crippen LogP contribution < -0.4 is 5.56 Å². The molecule has 1 amide bonds. The van der Waals surface area contributed by atoms with E-state index in [9.17, 15) is 28.1 Å². The van der Waals surface area contributed by atoms with E-state index in [1.165, 1.54) is 17.0 Å². The molecule has 1 aromatic heterocycles. The number of hydrogen-bond acceptors (Lipinski definition) is 7. The number of carbonyl (C=O) groups excluding carboxylic acids is 1. The molecule has 1 N–H and O–H groups in total. The summed E-state index contributed by atoms with van der Waals surface area (Å²) >= 11 is 5.98. The van der Waals surface area contributed by atoms with Gasteiger partial charge in [0.05, 0.1) is 27.3 Å². The number of hydrogen-bond donors (Lipinski definition) is 1. The smallest absolute Gasteiger partial charge is 0.271 e. The van der Waals surface area contributed by atoms with Gasteiger partial charge in [0, 0.05) is 35.5 Å². The van der Waals surface area contributed by atoms with Crippen LogP contribution in [0.3, 0.4) is 0 Å². The van der Waals surface area contributed by atoms with Crippen LogP contribution >= 0.6 is 11.6 Å². The Hall–Kier alpha value is -3.31. The van der Waals surface area contributed by atoms with Crippen molar-refractivity contribution in [1.29, 1.82) is 0 Å². The van der Waals surface area contributed by atoms with E-state index >= 15 is 0 Å². The van der Waals surface area contributed by atoms with Gasteiger partial charge in [0.25, 0.3) is 17.2 Å². The van der Waals surface area contributed by atoms with Crippen LogP contribution in [0.2, 0.25) is 5.02 Å². The molecule has 0 saturated heterocycles. The minimum Gasteiger partial charge on any atom is -0.331 e. The van der Waals surface area contributed by atoms with Gasteiger partial charge < -0.3 is 9.88 Å². The highest BCUT2D eigenvalue weighted by Gasteiger charge is 2.23. The first-order chi connectivity index (χ1) is 15.0. The third-order valence-electron chi connectivity index (χ3n) is 4.62. The van der Waals surface area contributed by atoms with E-state index < -0.39 is 31.9 Å². The molecule has 0 radical (unpaired) electrons.